The molecule has 1 aromatic heterocycles. The number of rotatable bonds is 6. The fraction of sp³-hybridized carbons (Fsp3) is 0.480. The van der Waals surface area contributed by atoms with E-state index >= 15 is 0 Å². The van der Waals surface area contributed by atoms with Crippen molar-refractivity contribution in [3.63, 3.8) is 0 Å². The van der Waals surface area contributed by atoms with Gasteiger partial charge in [0.1, 0.15) is 6.10 Å². The van der Waals surface area contributed by atoms with Crippen LogP contribution in [0.3, 0.4) is 0 Å². The molecule has 0 amide bonds. The number of ether oxygens (including phenoxy) is 1. The van der Waals surface area contributed by atoms with Crippen LogP contribution in [0.5, 0.6) is 0 Å². The number of nitrogens with zero attached hydrogens (tertiary/aromatic N) is 4. The first-order valence-electron chi connectivity index (χ1n) is 12.0. The number of halogens is 6. The van der Waals surface area contributed by atoms with Gasteiger partial charge in [-0.3, -0.25) is 0 Å². The van der Waals surface area contributed by atoms with E-state index in [1.54, 1.807) is 11.7 Å². The number of aromatic nitrogens is 4. The summed E-state index contributed by atoms with van der Waals surface area (Å²) in [6.07, 6.45) is -10.6. The lowest BCUT2D eigenvalue weighted by atomic mass is 9.79. The zero-order chi connectivity index (χ0) is 27.3. The van der Waals surface area contributed by atoms with Gasteiger partial charge in [-0.25, -0.2) is 4.68 Å². The quantitative estimate of drug-likeness (QED) is 0.447. The lowest BCUT2D eigenvalue weighted by Gasteiger charge is -2.43. The predicted octanol–water partition coefficient (Wildman–Crippen LogP) is 4.50. The van der Waals surface area contributed by atoms with Gasteiger partial charge < -0.3 is 15.2 Å². The summed E-state index contributed by atoms with van der Waals surface area (Å²) >= 11 is 0. The number of aliphatic hydroxyl groups is 1. The summed E-state index contributed by atoms with van der Waals surface area (Å²) in [7, 11) is 1.73. The molecule has 0 spiro atoms. The zero-order valence-corrected chi connectivity index (χ0v) is 20.2. The Morgan fingerprint density at radius 3 is 2.26 bits per heavy atom. The van der Waals surface area contributed by atoms with Crippen LogP contribution in [-0.2, 0) is 29.7 Å². The van der Waals surface area contributed by atoms with Crippen molar-refractivity contribution in [3.8, 4) is 0 Å². The molecule has 2 aliphatic heterocycles. The predicted molar refractivity (Wildman–Crippen MR) is 122 cm³/mol. The normalized spacial score (nSPS) is 26.5. The highest BCUT2D eigenvalue weighted by molar-refractivity contribution is 5.36. The summed E-state index contributed by atoms with van der Waals surface area (Å²) in [6.45, 7) is -0.806. The molecule has 0 saturated carbocycles. The van der Waals surface area contributed by atoms with Crippen molar-refractivity contribution in [2.45, 2.75) is 61.3 Å². The summed E-state index contributed by atoms with van der Waals surface area (Å²) in [5, 5.41) is 25.6. The highest BCUT2D eigenvalue weighted by atomic mass is 19.4. The van der Waals surface area contributed by atoms with E-state index in [0.29, 0.717) is 37.2 Å². The number of hydrogen-bond acceptors (Lipinski definition) is 6. The highest BCUT2D eigenvalue weighted by Crippen LogP contribution is 2.51. The molecular weight excluding hydrogens is 516 g/mol. The summed E-state index contributed by atoms with van der Waals surface area (Å²) in [5.41, 5.74) is -3.29. The number of benzene rings is 2. The molecule has 2 N–H and O–H groups in total. The average molecular weight is 541 g/mol. The summed E-state index contributed by atoms with van der Waals surface area (Å²) in [6, 6.07) is 10.6. The largest absolute Gasteiger partial charge is 0.416 e. The Balaban J connectivity index is 1.53. The Bertz CT molecular complexity index is 1250. The van der Waals surface area contributed by atoms with E-state index in [2.05, 4.69) is 20.8 Å². The maximum atomic E-state index is 13.5. The van der Waals surface area contributed by atoms with Gasteiger partial charge in [-0.05, 0) is 59.0 Å². The Morgan fingerprint density at radius 2 is 1.71 bits per heavy atom. The number of aliphatic hydroxyl groups excluding tert-OH is 1. The van der Waals surface area contributed by atoms with E-state index in [1.807, 2.05) is 30.3 Å². The molecule has 5 rings (SSSR count). The fourth-order valence-corrected chi connectivity index (χ4v) is 5.77. The first-order valence-corrected chi connectivity index (χ1v) is 12.0. The first kappa shape index (κ1) is 26.6. The number of alkyl halides is 6. The van der Waals surface area contributed by atoms with Crippen LogP contribution in [0.25, 0.3) is 0 Å². The van der Waals surface area contributed by atoms with Gasteiger partial charge in [-0.1, -0.05) is 30.3 Å². The minimum absolute atomic E-state index is 0.0299. The SMILES string of the molecule is Cn1nnnc1C1CC2(c3ccccc3)NC1CCC2OC(CO)c1cc(C(F)(F)F)cc(C(F)(F)F)c1. The first-order chi connectivity index (χ1) is 17.9. The number of nitrogens with one attached hydrogen (secondary N) is 1. The Morgan fingerprint density at radius 1 is 1.05 bits per heavy atom. The molecular formula is C25H25F6N5O2. The third-order valence-corrected chi connectivity index (χ3v) is 7.51. The van der Waals surface area contributed by atoms with Crippen molar-refractivity contribution in [1.29, 1.82) is 0 Å². The van der Waals surface area contributed by atoms with Crippen LogP contribution in [0, 0.1) is 0 Å². The molecule has 5 atom stereocenters. The van der Waals surface area contributed by atoms with Crippen LogP contribution in [0.4, 0.5) is 26.3 Å². The van der Waals surface area contributed by atoms with E-state index in [1.165, 1.54) is 0 Å². The number of piperidine rings is 1. The monoisotopic (exact) mass is 541 g/mol. The summed E-state index contributed by atoms with van der Waals surface area (Å²) in [5.74, 6) is 0.550. The van der Waals surface area contributed by atoms with Gasteiger partial charge in [-0.2, -0.15) is 26.3 Å². The van der Waals surface area contributed by atoms with E-state index in [0.717, 1.165) is 5.56 Å². The molecule has 3 heterocycles. The van der Waals surface area contributed by atoms with Gasteiger partial charge in [0.05, 0.1) is 29.4 Å². The Kier molecular flexibility index (Phi) is 6.72. The molecule has 204 valence electrons. The molecule has 3 aromatic rings. The van der Waals surface area contributed by atoms with Gasteiger partial charge in [0, 0.05) is 19.0 Å². The molecule has 2 fully saturated rings. The topological polar surface area (TPSA) is 85.1 Å². The van der Waals surface area contributed by atoms with Crippen LogP contribution >= 0.6 is 0 Å². The standard InChI is InChI=1S/C25H25F6N5O2/c1-36-22(33-34-35-36)18-12-23(15-5-3-2-4-6-15)21(8-7-19(18)32-23)38-20(13-37)14-9-16(24(26,27)28)11-17(10-14)25(29,30)31/h2-6,9-11,18-21,32,37H,7-8,12-13H2,1H3. The smallest absolute Gasteiger partial charge is 0.393 e. The fourth-order valence-electron chi connectivity index (χ4n) is 5.77. The number of aryl methyl sites for hydroxylation is 1. The third-order valence-electron chi connectivity index (χ3n) is 7.51. The zero-order valence-electron chi connectivity index (χ0n) is 20.2. The lowest BCUT2D eigenvalue weighted by Crippen LogP contribution is -2.55. The van der Waals surface area contributed by atoms with Gasteiger partial charge in [0.15, 0.2) is 5.82 Å². The molecule has 7 nitrogen and oxygen atoms in total. The van der Waals surface area contributed by atoms with Crippen molar-refractivity contribution in [2.75, 3.05) is 6.61 Å². The molecule has 2 aromatic carbocycles. The molecule has 2 aliphatic rings. The van der Waals surface area contributed by atoms with Crippen LogP contribution in [-0.4, -0.2) is 44.1 Å². The lowest BCUT2D eigenvalue weighted by molar-refractivity contribution is -0.143. The number of tetrazole rings is 1. The van der Waals surface area contributed by atoms with Crippen LogP contribution < -0.4 is 5.32 Å². The van der Waals surface area contributed by atoms with E-state index < -0.39 is 53.4 Å². The maximum Gasteiger partial charge on any atom is 0.416 e. The second kappa shape index (κ2) is 9.62. The molecule has 0 aliphatic carbocycles. The van der Waals surface area contributed by atoms with Gasteiger partial charge in [0.25, 0.3) is 0 Å². The van der Waals surface area contributed by atoms with Gasteiger partial charge in [0.2, 0.25) is 0 Å². The number of hydrogen-bond donors (Lipinski definition) is 2. The van der Waals surface area contributed by atoms with Crippen molar-refractivity contribution in [2.24, 2.45) is 7.05 Å². The van der Waals surface area contributed by atoms with Crippen LogP contribution in [0.2, 0.25) is 0 Å². The van der Waals surface area contributed by atoms with E-state index in [9.17, 15) is 31.4 Å². The maximum absolute atomic E-state index is 13.5. The minimum atomic E-state index is -5.01. The second-order valence-corrected chi connectivity index (χ2v) is 9.77. The van der Waals surface area contributed by atoms with Crippen molar-refractivity contribution < 1.29 is 36.2 Å². The van der Waals surface area contributed by atoms with Crippen molar-refractivity contribution >= 4 is 0 Å². The molecule has 38 heavy (non-hydrogen) atoms. The molecule has 2 saturated heterocycles. The highest BCUT2D eigenvalue weighted by Gasteiger charge is 2.56. The summed E-state index contributed by atoms with van der Waals surface area (Å²) in [4.78, 5) is 0. The van der Waals surface area contributed by atoms with Crippen molar-refractivity contribution in [1.82, 2.24) is 25.5 Å². The van der Waals surface area contributed by atoms with E-state index in [-0.39, 0.29) is 18.0 Å². The molecule has 13 heteroatoms. The van der Waals surface area contributed by atoms with Gasteiger partial charge in [-0.15, -0.1) is 5.10 Å². The van der Waals surface area contributed by atoms with Crippen LogP contribution in [0.15, 0.2) is 48.5 Å². The molecule has 5 unspecified atom stereocenters. The van der Waals surface area contributed by atoms with E-state index in [4.69, 9.17) is 4.74 Å². The summed E-state index contributed by atoms with van der Waals surface area (Å²) < 4.78 is 88.7. The second-order valence-electron chi connectivity index (χ2n) is 9.77. The average Bonchev–Trinajstić information content (AvgIpc) is 3.44. The van der Waals surface area contributed by atoms with Crippen LogP contribution in [0.1, 0.15) is 59.4 Å². The van der Waals surface area contributed by atoms with Crippen molar-refractivity contribution in [3.05, 3.63) is 76.6 Å². The Labute approximate surface area is 213 Å². The minimum Gasteiger partial charge on any atom is -0.393 e. The third kappa shape index (κ3) is 4.78. The molecule has 2 bridgehead atoms. The number of fused-ring (bicyclic) bond motifs is 2. The Hall–Kier alpha value is -3.03. The van der Waals surface area contributed by atoms with Gasteiger partial charge >= 0.3 is 12.4 Å². The molecule has 0 radical (unpaired) electrons.